The van der Waals surface area contributed by atoms with E-state index in [4.69, 9.17) is 21.1 Å². The molecule has 5 heteroatoms. The Hall–Kier alpha value is -2.04. The predicted octanol–water partition coefficient (Wildman–Crippen LogP) is 6.02. The minimum absolute atomic E-state index is 0.473. The lowest BCUT2D eigenvalue weighted by Gasteiger charge is -2.24. The van der Waals surface area contributed by atoms with Crippen molar-refractivity contribution in [2.24, 2.45) is 0 Å². The standard InChI is InChI=1S/C20H16BrClO3/c1-20(2,25-17-9-6-16(22)7-10-17)19(23)24-18-8-4-13-11-15(21)5-3-14(13)12-18/h3-12H,1-2H3. The molecule has 0 amide bonds. The van der Waals surface area contributed by atoms with E-state index < -0.39 is 11.6 Å². The van der Waals surface area contributed by atoms with Gasteiger partial charge in [-0.3, -0.25) is 0 Å². The second-order valence-corrected chi connectivity index (χ2v) is 7.46. The number of carbonyl (C=O) groups excluding carboxylic acids is 1. The first-order valence-electron chi connectivity index (χ1n) is 7.70. The quantitative estimate of drug-likeness (QED) is 0.383. The van der Waals surface area contributed by atoms with Gasteiger partial charge in [0.1, 0.15) is 11.5 Å². The highest BCUT2D eigenvalue weighted by molar-refractivity contribution is 9.10. The van der Waals surface area contributed by atoms with Gasteiger partial charge in [0.15, 0.2) is 0 Å². The van der Waals surface area contributed by atoms with Crippen LogP contribution in [0.1, 0.15) is 13.8 Å². The second-order valence-electron chi connectivity index (χ2n) is 6.11. The highest BCUT2D eigenvalue weighted by Crippen LogP contribution is 2.26. The third kappa shape index (κ3) is 4.33. The molecule has 0 unspecified atom stereocenters. The van der Waals surface area contributed by atoms with Crippen LogP contribution < -0.4 is 9.47 Å². The molecule has 3 rings (SSSR count). The van der Waals surface area contributed by atoms with Gasteiger partial charge in [-0.05, 0) is 73.2 Å². The van der Waals surface area contributed by atoms with Gasteiger partial charge in [-0.2, -0.15) is 0 Å². The van der Waals surface area contributed by atoms with Crippen LogP contribution in [0.25, 0.3) is 10.8 Å². The van der Waals surface area contributed by atoms with Gasteiger partial charge >= 0.3 is 5.97 Å². The van der Waals surface area contributed by atoms with Crippen LogP contribution in [0.5, 0.6) is 11.5 Å². The smallest absolute Gasteiger partial charge is 0.355 e. The van der Waals surface area contributed by atoms with Crippen LogP contribution >= 0.6 is 27.5 Å². The summed E-state index contributed by atoms with van der Waals surface area (Å²) in [6, 6.07) is 18.3. The molecule has 0 spiro atoms. The molecule has 3 aromatic rings. The first-order chi connectivity index (χ1) is 11.8. The van der Waals surface area contributed by atoms with Gasteiger partial charge in [-0.15, -0.1) is 0 Å². The number of hydrogen-bond donors (Lipinski definition) is 0. The van der Waals surface area contributed by atoms with Crippen LogP contribution in [0, 0.1) is 0 Å². The van der Waals surface area contributed by atoms with Crippen molar-refractivity contribution in [2.75, 3.05) is 0 Å². The lowest BCUT2D eigenvalue weighted by molar-refractivity contribution is -0.149. The Kier molecular flexibility index (Phi) is 5.02. The summed E-state index contributed by atoms with van der Waals surface area (Å²) in [5.74, 6) is 0.557. The Labute approximate surface area is 159 Å². The van der Waals surface area contributed by atoms with Crippen LogP contribution in [-0.4, -0.2) is 11.6 Å². The number of hydrogen-bond acceptors (Lipinski definition) is 3. The summed E-state index contributed by atoms with van der Waals surface area (Å²) in [5.41, 5.74) is -1.14. The van der Waals surface area contributed by atoms with E-state index in [9.17, 15) is 4.79 Å². The number of carbonyl (C=O) groups is 1. The molecule has 3 nitrogen and oxygen atoms in total. The summed E-state index contributed by atoms with van der Waals surface area (Å²) >= 11 is 9.30. The Bertz CT molecular complexity index is 920. The summed E-state index contributed by atoms with van der Waals surface area (Å²) in [6.45, 7) is 3.34. The van der Waals surface area contributed by atoms with Gasteiger partial charge in [0.2, 0.25) is 5.60 Å². The van der Waals surface area contributed by atoms with Crippen molar-refractivity contribution in [1.82, 2.24) is 0 Å². The summed E-state index contributed by atoms with van der Waals surface area (Å²) in [4.78, 5) is 12.5. The molecule has 0 aliphatic heterocycles. The third-order valence-electron chi connectivity index (χ3n) is 3.66. The van der Waals surface area contributed by atoms with E-state index >= 15 is 0 Å². The summed E-state index contributed by atoms with van der Waals surface area (Å²) in [6.07, 6.45) is 0. The Morgan fingerprint density at radius 1 is 0.920 bits per heavy atom. The zero-order valence-electron chi connectivity index (χ0n) is 13.8. The van der Waals surface area contributed by atoms with Gasteiger partial charge in [-0.25, -0.2) is 4.79 Å². The lowest BCUT2D eigenvalue weighted by atomic mass is 10.1. The van der Waals surface area contributed by atoms with Crippen molar-refractivity contribution < 1.29 is 14.3 Å². The normalized spacial score (nSPS) is 11.4. The molecule has 0 N–H and O–H groups in total. The van der Waals surface area contributed by atoms with E-state index in [0.717, 1.165) is 15.2 Å². The van der Waals surface area contributed by atoms with Crippen LogP contribution in [0.2, 0.25) is 5.02 Å². The molecule has 0 atom stereocenters. The van der Waals surface area contributed by atoms with Crippen LogP contribution in [0.15, 0.2) is 65.1 Å². The maximum Gasteiger partial charge on any atom is 0.355 e. The van der Waals surface area contributed by atoms with Crippen molar-refractivity contribution in [1.29, 1.82) is 0 Å². The molecule has 0 radical (unpaired) electrons. The average molecular weight is 420 g/mol. The third-order valence-corrected chi connectivity index (χ3v) is 4.41. The minimum atomic E-state index is -1.14. The second kappa shape index (κ2) is 7.06. The zero-order chi connectivity index (χ0) is 18.0. The first-order valence-corrected chi connectivity index (χ1v) is 8.87. The van der Waals surface area contributed by atoms with E-state index in [1.165, 1.54) is 0 Å². The molecule has 25 heavy (non-hydrogen) atoms. The highest BCUT2D eigenvalue weighted by Gasteiger charge is 2.32. The van der Waals surface area contributed by atoms with Gasteiger partial charge in [0.25, 0.3) is 0 Å². The summed E-state index contributed by atoms with van der Waals surface area (Å²) < 4.78 is 12.3. The van der Waals surface area contributed by atoms with E-state index in [-0.39, 0.29) is 0 Å². The van der Waals surface area contributed by atoms with Gasteiger partial charge in [0, 0.05) is 9.50 Å². The molecule has 0 aliphatic carbocycles. The Morgan fingerprint density at radius 3 is 2.24 bits per heavy atom. The molecule has 0 saturated heterocycles. The molecule has 0 bridgehead atoms. The SMILES string of the molecule is CC(C)(Oc1ccc(Cl)cc1)C(=O)Oc1ccc2cc(Br)ccc2c1. The van der Waals surface area contributed by atoms with E-state index in [0.29, 0.717) is 16.5 Å². The lowest BCUT2D eigenvalue weighted by Crippen LogP contribution is -2.41. The fourth-order valence-corrected chi connectivity index (χ4v) is 2.83. The van der Waals surface area contributed by atoms with Gasteiger partial charge in [-0.1, -0.05) is 39.7 Å². The number of rotatable bonds is 4. The van der Waals surface area contributed by atoms with Crippen LogP contribution in [-0.2, 0) is 4.79 Å². The zero-order valence-corrected chi connectivity index (χ0v) is 16.1. The van der Waals surface area contributed by atoms with Crippen molar-refractivity contribution in [3.63, 3.8) is 0 Å². The predicted molar refractivity (Wildman–Crippen MR) is 103 cm³/mol. The fraction of sp³-hybridized carbons (Fsp3) is 0.150. The van der Waals surface area contributed by atoms with E-state index in [2.05, 4.69) is 15.9 Å². The molecule has 0 saturated carbocycles. The molecule has 0 aromatic heterocycles. The summed E-state index contributed by atoms with van der Waals surface area (Å²) in [5, 5.41) is 2.66. The van der Waals surface area contributed by atoms with E-state index in [1.54, 1.807) is 44.2 Å². The monoisotopic (exact) mass is 418 g/mol. The van der Waals surface area contributed by atoms with Gasteiger partial charge in [0.05, 0.1) is 0 Å². The number of fused-ring (bicyclic) bond motifs is 1. The van der Waals surface area contributed by atoms with Crippen molar-refractivity contribution in [2.45, 2.75) is 19.4 Å². The molecule has 0 fully saturated rings. The van der Waals surface area contributed by atoms with Crippen molar-refractivity contribution in [3.05, 3.63) is 70.2 Å². The molecule has 3 aromatic carbocycles. The Morgan fingerprint density at radius 2 is 1.52 bits per heavy atom. The summed E-state index contributed by atoms with van der Waals surface area (Å²) in [7, 11) is 0. The van der Waals surface area contributed by atoms with Crippen molar-refractivity contribution in [3.8, 4) is 11.5 Å². The maximum absolute atomic E-state index is 12.5. The molecular weight excluding hydrogens is 404 g/mol. The van der Waals surface area contributed by atoms with Crippen LogP contribution in [0.3, 0.4) is 0 Å². The highest BCUT2D eigenvalue weighted by atomic mass is 79.9. The maximum atomic E-state index is 12.5. The minimum Gasteiger partial charge on any atom is -0.476 e. The number of esters is 1. The average Bonchev–Trinajstić information content (AvgIpc) is 2.57. The number of ether oxygens (including phenoxy) is 2. The first kappa shape index (κ1) is 17.8. The largest absolute Gasteiger partial charge is 0.476 e. The molecule has 128 valence electrons. The topological polar surface area (TPSA) is 35.5 Å². The number of benzene rings is 3. The molecular formula is C20H16BrClO3. The number of halogens is 2. The van der Waals surface area contributed by atoms with Crippen LogP contribution in [0.4, 0.5) is 0 Å². The van der Waals surface area contributed by atoms with Crippen molar-refractivity contribution >= 4 is 44.3 Å². The Balaban J connectivity index is 1.75. The molecule has 0 heterocycles. The molecule has 0 aliphatic rings. The fourth-order valence-electron chi connectivity index (χ4n) is 2.33. The van der Waals surface area contributed by atoms with Gasteiger partial charge < -0.3 is 9.47 Å². The van der Waals surface area contributed by atoms with E-state index in [1.807, 2.05) is 30.3 Å².